The average Bonchev–Trinajstić information content (AvgIpc) is 2.36. The van der Waals surface area contributed by atoms with Crippen molar-refractivity contribution in [2.75, 3.05) is 22.5 Å². The minimum Gasteiger partial charge on any atom is -0.370 e. The molecule has 0 aliphatic carbocycles. The summed E-state index contributed by atoms with van der Waals surface area (Å²) in [7, 11) is 0. The van der Waals surface area contributed by atoms with Crippen LogP contribution >= 0.6 is 11.8 Å². The molecule has 0 unspecified atom stereocenters. The first-order valence-electron chi connectivity index (χ1n) is 5.56. The number of benzene rings is 1. The van der Waals surface area contributed by atoms with Gasteiger partial charge in [0.1, 0.15) is 0 Å². The van der Waals surface area contributed by atoms with Crippen molar-refractivity contribution in [3.63, 3.8) is 0 Å². The summed E-state index contributed by atoms with van der Waals surface area (Å²) >= 11 is 1.24. The Kier molecular flexibility index (Phi) is 4.19. The Morgan fingerprint density at radius 2 is 2.05 bits per heavy atom. The Morgan fingerprint density at radius 3 is 2.74 bits per heavy atom. The maximum atomic E-state index is 11.7. The van der Waals surface area contributed by atoms with Gasteiger partial charge in [0.2, 0.25) is 17.5 Å². The van der Waals surface area contributed by atoms with E-state index in [0.717, 1.165) is 5.69 Å². The molecule has 1 aromatic carbocycles. The highest BCUT2D eigenvalue weighted by Gasteiger charge is 2.10. The summed E-state index contributed by atoms with van der Waals surface area (Å²) in [5.74, 6) is 0.842. The van der Waals surface area contributed by atoms with E-state index in [-0.39, 0.29) is 11.7 Å². The lowest BCUT2D eigenvalue weighted by atomic mass is 10.3. The molecule has 1 aromatic heterocycles. The quantitative estimate of drug-likeness (QED) is 0.565. The van der Waals surface area contributed by atoms with Crippen LogP contribution in [0.25, 0.3) is 0 Å². The van der Waals surface area contributed by atoms with Gasteiger partial charge in [0, 0.05) is 5.69 Å². The number of nitrogen functional groups attached to an aromatic ring is 2. The molecule has 0 bridgehead atoms. The third-order valence-electron chi connectivity index (χ3n) is 2.18. The Hall–Kier alpha value is -2.28. The molecule has 1 amide bonds. The van der Waals surface area contributed by atoms with Crippen LogP contribution in [-0.4, -0.2) is 16.6 Å². The standard InChI is InChI=1S/C12H13N5OS/c13-9-6-10(14)17-12(16-9)19-7-11(18)15-8-4-2-1-3-5-8/h1-6H,7H2,(H,15,18)(H4,13,14,16,17)/p+1. The fourth-order valence-electron chi connectivity index (χ4n) is 1.42. The summed E-state index contributed by atoms with van der Waals surface area (Å²) in [6, 6.07) is 10.8. The maximum Gasteiger partial charge on any atom is 0.299 e. The van der Waals surface area contributed by atoms with Gasteiger partial charge in [-0.15, -0.1) is 0 Å². The van der Waals surface area contributed by atoms with Crippen molar-refractivity contribution in [3.8, 4) is 0 Å². The fraction of sp³-hybridized carbons (Fsp3) is 0.0833. The number of nitrogens with two attached hydrogens (primary N) is 2. The highest BCUT2D eigenvalue weighted by atomic mass is 32.2. The van der Waals surface area contributed by atoms with E-state index in [1.165, 1.54) is 17.8 Å². The van der Waals surface area contributed by atoms with Gasteiger partial charge in [0.25, 0.3) is 5.16 Å². The van der Waals surface area contributed by atoms with Gasteiger partial charge < -0.3 is 16.8 Å². The largest absolute Gasteiger partial charge is 0.370 e. The van der Waals surface area contributed by atoms with Crippen LogP contribution in [0.15, 0.2) is 41.6 Å². The second-order valence-corrected chi connectivity index (χ2v) is 4.73. The molecule has 0 saturated carbocycles. The Morgan fingerprint density at radius 1 is 1.32 bits per heavy atom. The summed E-state index contributed by atoms with van der Waals surface area (Å²) in [6.07, 6.45) is 0. The van der Waals surface area contributed by atoms with Crippen molar-refractivity contribution < 1.29 is 9.78 Å². The zero-order valence-corrected chi connectivity index (χ0v) is 10.9. The molecule has 6 nitrogen and oxygen atoms in total. The molecule has 0 radical (unpaired) electrons. The molecule has 98 valence electrons. The van der Waals surface area contributed by atoms with Gasteiger partial charge in [0.15, 0.2) is 0 Å². The highest BCUT2D eigenvalue weighted by Crippen LogP contribution is 2.13. The van der Waals surface area contributed by atoms with Crippen LogP contribution < -0.4 is 21.8 Å². The molecular formula is C12H14N5OS+. The van der Waals surface area contributed by atoms with Crippen LogP contribution in [0.2, 0.25) is 0 Å². The number of nitrogens with one attached hydrogen (secondary N) is 2. The minimum atomic E-state index is -0.118. The van der Waals surface area contributed by atoms with Crippen LogP contribution in [0, 0.1) is 0 Å². The van der Waals surface area contributed by atoms with E-state index >= 15 is 0 Å². The molecule has 2 rings (SSSR count). The van der Waals surface area contributed by atoms with Crippen molar-refractivity contribution in [2.24, 2.45) is 0 Å². The lowest BCUT2D eigenvalue weighted by Crippen LogP contribution is -2.19. The van der Waals surface area contributed by atoms with E-state index in [0.29, 0.717) is 16.8 Å². The summed E-state index contributed by atoms with van der Waals surface area (Å²) in [4.78, 5) is 18.6. The maximum absolute atomic E-state index is 11.7. The summed E-state index contributed by atoms with van der Waals surface area (Å²) in [6.45, 7) is 0. The van der Waals surface area contributed by atoms with Gasteiger partial charge in [-0.1, -0.05) is 23.2 Å². The van der Waals surface area contributed by atoms with E-state index in [1.807, 2.05) is 30.3 Å². The minimum absolute atomic E-state index is 0.118. The van der Waals surface area contributed by atoms with E-state index in [9.17, 15) is 4.79 Å². The normalized spacial score (nSPS) is 10.1. The summed E-state index contributed by atoms with van der Waals surface area (Å²) < 4.78 is 0. The van der Waals surface area contributed by atoms with Crippen molar-refractivity contribution in [1.29, 1.82) is 0 Å². The molecule has 1 heterocycles. The van der Waals surface area contributed by atoms with Gasteiger partial charge in [0.05, 0.1) is 11.8 Å². The van der Waals surface area contributed by atoms with Crippen LogP contribution in [0.1, 0.15) is 0 Å². The Bertz CT molecular complexity index is 555. The molecule has 6 N–H and O–H groups in total. The first kappa shape index (κ1) is 13.2. The highest BCUT2D eigenvalue weighted by molar-refractivity contribution is 7.99. The van der Waals surface area contributed by atoms with E-state index < -0.39 is 0 Å². The van der Waals surface area contributed by atoms with Crippen molar-refractivity contribution in [1.82, 2.24) is 4.98 Å². The molecular weight excluding hydrogens is 262 g/mol. The number of hydrogen-bond acceptors (Lipinski definition) is 5. The van der Waals surface area contributed by atoms with E-state index in [1.54, 1.807) is 0 Å². The zero-order valence-electron chi connectivity index (χ0n) is 10.1. The first-order valence-corrected chi connectivity index (χ1v) is 6.55. The average molecular weight is 276 g/mol. The zero-order chi connectivity index (χ0) is 13.7. The number of rotatable bonds is 4. The van der Waals surface area contributed by atoms with Gasteiger partial charge in [-0.25, -0.2) is 4.98 Å². The van der Waals surface area contributed by atoms with Crippen molar-refractivity contribution >= 4 is 35.0 Å². The lowest BCUT2D eigenvalue weighted by molar-refractivity contribution is -0.416. The third kappa shape index (κ3) is 4.14. The SMILES string of the molecule is Nc1cc(N)[nH+]c(SCC(=O)Nc2ccccc2)n1. The van der Waals surface area contributed by atoms with Gasteiger partial charge in [-0.3, -0.25) is 4.79 Å². The van der Waals surface area contributed by atoms with E-state index in [2.05, 4.69) is 15.3 Å². The predicted octanol–water partition coefficient (Wildman–Crippen LogP) is 0.791. The van der Waals surface area contributed by atoms with Crippen molar-refractivity contribution in [3.05, 3.63) is 36.4 Å². The number of hydrogen-bond donors (Lipinski definition) is 3. The molecule has 0 aliphatic heterocycles. The molecule has 0 fully saturated rings. The number of amides is 1. The van der Waals surface area contributed by atoms with Crippen LogP contribution in [-0.2, 0) is 4.79 Å². The monoisotopic (exact) mass is 276 g/mol. The van der Waals surface area contributed by atoms with Crippen LogP contribution in [0.5, 0.6) is 0 Å². The number of carbonyl (C=O) groups excluding carboxylic acids is 1. The number of H-pyrrole nitrogens is 1. The van der Waals surface area contributed by atoms with Crippen LogP contribution in [0.3, 0.4) is 0 Å². The van der Waals surface area contributed by atoms with Crippen molar-refractivity contribution in [2.45, 2.75) is 5.16 Å². The smallest absolute Gasteiger partial charge is 0.299 e. The number of thioether (sulfide) groups is 1. The number of carbonyl (C=O) groups is 1. The number of anilines is 3. The topological polar surface area (TPSA) is 108 Å². The number of aromatic amines is 1. The third-order valence-corrected chi connectivity index (χ3v) is 3.06. The molecule has 7 heteroatoms. The molecule has 0 saturated heterocycles. The summed E-state index contributed by atoms with van der Waals surface area (Å²) in [5, 5.41) is 3.29. The Balaban J connectivity index is 1.90. The predicted molar refractivity (Wildman–Crippen MR) is 75.4 cm³/mol. The number of para-hydroxylation sites is 1. The fourth-order valence-corrected chi connectivity index (χ4v) is 2.12. The molecule has 0 spiro atoms. The molecule has 19 heavy (non-hydrogen) atoms. The van der Waals surface area contributed by atoms with Gasteiger partial charge in [-0.2, -0.15) is 0 Å². The number of aromatic nitrogens is 2. The number of nitrogens with zero attached hydrogens (tertiary/aromatic N) is 1. The molecule has 0 aliphatic rings. The second kappa shape index (κ2) is 6.05. The summed E-state index contributed by atoms with van der Waals surface area (Å²) in [5.41, 5.74) is 11.9. The van der Waals surface area contributed by atoms with Gasteiger partial charge >= 0.3 is 0 Å². The Labute approximate surface area is 114 Å². The van der Waals surface area contributed by atoms with E-state index in [4.69, 9.17) is 11.5 Å². The first-order chi connectivity index (χ1) is 9.13. The molecule has 2 aromatic rings. The van der Waals surface area contributed by atoms with Crippen LogP contribution in [0.4, 0.5) is 17.3 Å². The lowest BCUT2D eigenvalue weighted by Gasteiger charge is -2.03. The second-order valence-electron chi connectivity index (χ2n) is 3.77. The van der Waals surface area contributed by atoms with Gasteiger partial charge in [-0.05, 0) is 23.9 Å². The molecule has 0 atom stereocenters.